The molecule has 0 saturated heterocycles. The van der Waals surface area contributed by atoms with Crippen molar-refractivity contribution in [3.63, 3.8) is 0 Å². The zero-order chi connectivity index (χ0) is 16.1. The normalized spacial score (nSPS) is 12.0. The minimum Gasteiger partial charge on any atom is -0.394 e. The first kappa shape index (κ1) is 16.0. The van der Waals surface area contributed by atoms with Crippen LogP contribution in [0.4, 0.5) is 10.5 Å². The summed E-state index contributed by atoms with van der Waals surface area (Å²) in [5.74, 6) is 1.59. The standard InChI is InChI=1S/C15H21N5O2/c1-10(9-21)16-15(22)18-14-6-4-5-13(7-14)8-20-12(3)17-11(2)19-20/h4-7,10,21H,8-9H2,1-3H3,(H2,16,18,22). The Morgan fingerprint density at radius 2 is 2.18 bits per heavy atom. The smallest absolute Gasteiger partial charge is 0.319 e. The summed E-state index contributed by atoms with van der Waals surface area (Å²) in [7, 11) is 0. The fourth-order valence-corrected chi connectivity index (χ4v) is 2.07. The lowest BCUT2D eigenvalue weighted by molar-refractivity contribution is 0.229. The van der Waals surface area contributed by atoms with Gasteiger partial charge >= 0.3 is 6.03 Å². The van der Waals surface area contributed by atoms with Crippen LogP contribution in [0.1, 0.15) is 24.1 Å². The molecule has 7 nitrogen and oxygen atoms in total. The largest absolute Gasteiger partial charge is 0.394 e. The van der Waals surface area contributed by atoms with E-state index in [4.69, 9.17) is 5.11 Å². The highest BCUT2D eigenvalue weighted by Crippen LogP contribution is 2.12. The van der Waals surface area contributed by atoms with Crippen LogP contribution in [0, 0.1) is 13.8 Å². The molecule has 0 bridgehead atoms. The topological polar surface area (TPSA) is 92.1 Å². The lowest BCUT2D eigenvalue weighted by Crippen LogP contribution is -2.38. The summed E-state index contributed by atoms with van der Waals surface area (Å²) in [6.45, 7) is 5.99. The lowest BCUT2D eigenvalue weighted by atomic mass is 10.2. The van der Waals surface area contributed by atoms with E-state index in [1.54, 1.807) is 6.92 Å². The quantitative estimate of drug-likeness (QED) is 0.779. The number of benzene rings is 1. The van der Waals surface area contributed by atoms with E-state index < -0.39 is 0 Å². The monoisotopic (exact) mass is 303 g/mol. The number of nitrogens with zero attached hydrogens (tertiary/aromatic N) is 3. The number of aryl methyl sites for hydroxylation is 2. The summed E-state index contributed by atoms with van der Waals surface area (Å²) >= 11 is 0. The second-order valence-electron chi connectivity index (χ2n) is 5.25. The molecule has 7 heteroatoms. The summed E-state index contributed by atoms with van der Waals surface area (Å²) < 4.78 is 1.82. The number of aromatic nitrogens is 3. The molecule has 3 N–H and O–H groups in total. The Labute approximate surface area is 129 Å². The number of amides is 2. The maximum atomic E-state index is 11.7. The molecule has 1 aromatic heterocycles. The minimum atomic E-state index is -0.341. The van der Waals surface area contributed by atoms with Gasteiger partial charge in [0, 0.05) is 5.69 Å². The Bertz CT molecular complexity index is 653. The van der Waals surface area contributed by atoms with E-state index in [0.29, 0.717) is 12.2 Å². The molecule has 2 rings (SSSR count). The van der Waals surface area contributed by atoms with Crippen LogP contribution in [0.3, 0.4) is 0 Å². The summed E-state index contributed by atoms with van der Waals surface area (Å²) in [5, 5.41) is 18.6. The van der Waals surface area contributed by atoms with Crippen molar-refractivity contribution in [1.29, 1.82) is 0 Å². The molecule has 2 aromatic rings. The highest BCUT2D eigenvalue weighted by molar-refractivity contribution is 5.89. The van der Waals surface area contributed by atoms with Crippen LogP contribution in [0.25, 0.3) is 0 Å². The first-order chi connectivity index (χ1) is 10.5. The third kappa shape index (κ3) is 4.29. The number of aliphatic hydroxyl groups excluding tert-OH is 1. The summed E-state index contributed by atoms with van der Waals surface area (Å²) in [6, 6.07) is 6.91. The maximum absolute atomic E-state index is 11.7. The Hall–Kier alpha value is -2.41. The lowest BCUT2D eigenvalue weighted by Gasteiger charge is -2.12. The first-order valence-corrected chi connectivity index (χ1v) is 7.13. The third-order valence-electron chi connectivity index (χ3n) is 3.13. The zero-order valence-corrected chi connectivity index (χ0v) is 13.0. The van der Waals surface area contributed by atoms with Gasteiger partial charge in [0.15, 0.2) is 0 Å². The molecule has 0 radical (unpaired) electrons. The Morgan fingerprint density at radius 1 is 1.41 bits per heavy atom. The molecule has 22 heavy (non-hydrogen) atoms. The first-order valence-electron chi connectivity index (χ1n) is 7.13. The van der Waals surface area contributed by atoms with Crippen molar-refractivity contribution in [3.8, 4) is 0 Å². The predicted molar refractivity (Wildman–Crippen MR) is 83.7 cm³/mol. The van der Waals surface area contributed by atoms with Crippen LogP contribution in [0.2, 0.25) is 0 Å². The van der Waals surface area contributed by atoms with Crippen LogP contribution >= 0.6 is 0 Å². The fourth-order valence-electron chi connectivity index (χ4n) is 2.07. The minimum absolute atomic E-state index is 0.0988. The summed E-state index contributed by atoms with van der Waals surface area (Å²) in [6.07, 6.45) is 0. The van der Waals surface area contributed by atoms with Crippen LogP contribution in [-0.4, -0.2) is 38.6 Å². The van der Waals surface area contributed by atoms with Gasteiger partial charge in [0.05, 0.1) is 19.2 Å². The highest BCUT2D eigenvalue weighted by Gasteiger charge is 2.07. The summed E-state index contributed by atoms with van der Waals surface area (Å²) in [5.41, 5.74) is 1.70. The average Bonchev–Trinajstić information content (AvgIpc) is 2.77. The molecule has 0 saturated carbocycles. The second kappa shape index (κ2) is 7.04. The van der Waals surface area contributed by atoms with Gasteiger partial charge in [0.25, 0.3) is 0 Å². The van der Waals surface area contributed by atoms with Crippen molar-refractivity contribution >= 4 is 11.7 Å². The van der Waals surface area contributed by atoms with E-state index in [9.17, 15) is 4.79 Å². The molecule has 1 heterocycles. The molecule has 0 spiro atoms. The van der Waals surface area contributed by atoms with Crippen molar-refractivity contribution in [2.75, 3.05) is 11.9 Å². The Morgan fingerprint density at radius 3 is 2.82 bits per heavy atom. The van der Waals surface area contributed by atoms with E-state index in [-0.39, 0.29) is 18.7 Å². The summed E-state index contributed by atoms with van der Waals surface area (Å²) in [4.78, 5) is 16.0. The van der Waals surface area contributed by atoms with Crippen LogP contribution in [-0.2, 0) is 6.54 Å². The average molecular weight is 303 g/mol. The van der Waals surface area contributed by atoms with Gasteiger partial charge in [0.2, 0.25) is 0 Å². The number of aliphatic hydroxyl groups is 1. The number of carbonyl (C=O) groups is 1. The molecule has 1 atom stereocenters. The van der Waals surface area contributed by atoms with Gasteiger partial charge in [-0.05, 0) is 38.5 Å². The van der Waals surface area contributed by atoms with Gasteiger partial charge in [-0.25, -0.2) is 14.5 Å². The predicted octanol–water partition coefficient (Wildman–Crippen LogP) is 1.45. The van der Waals surface area contributed by atoms with Crippen molar-refractivity contribution in [1.82, 2.24) is 20.1 Å². The van der Waals surface area contributed by atoms with Gasteiger partial charge in [-0.1, -0.05) is 12.1 Å². The molecule has 1 aromatic carbocycles. The number of anilines is 1. The number of nitrogens with one attached hydrogen (secondary N) is 2. The van der Waals surface area contributed by atoms with E-state index in [1.165, 1.54) is 0 Å². The molecule has 1 unspecified atom stereocenters. The molecular weight excluding hydrogens is 282 g/mol. The molecule has 2 amide bonds. The van der Waals surface area contributed by atoms with E-state index in [2.05, 4.69) is 20.7 Å². The maximum Gasteiger partial charge on any atom is 0.319 e. The number of rotatable bonds is 5. The number of carbonyl (C=O) groups excluding carboxylic acids is 1. The number of hydrogen-bond acceptors (Lipinski definition) is 4. The van der Waals surface area contributed by atoms with Crippen LogP contribution < -0.4 is 10.6 Å². The SMILES string of the molecule is Cc1nc(C)n(Cc2cccc(NC(=O)NC(C)CO)c2)n1. The molecular formula is C15H21N5O2. The molecule has 0 aliphatic rings. The Kier molecular flexibility index (Phi) is 5.11. The van der Waals surface area contributed by atoms with Gasteiger partial charge in [0.1, 0.15) is 11.6 Å². The third-order valence-corrected chi connectivity index (χ3v) is 3.13. The molecule has 118 valence electrons. The Balaban J connectivity index is 2.03. The second-order valence-corrected chi connectivity index (χ2v) is 5.25. The van der Waals surface area contributed by atoms with E-state index in [0.717, 1.165) is 17.2 Å². The molecule has 0 aliphatic carbocycles. The van der Waals surface area contributed by atoms with Gasteiger partial charge in [-0.15, -0.1) is 0 Å². The molecule has 0 fully saturated rings. The van der Waals surface area contributed by atoms with Crippen molar-refractivity contribution < 1.29 is 9.90 Å². The van der Waals surface area contributed by atoms with Crippen molar-refractivity contribution in [2.45, 2.75) is 33.4 Å². The fraction of sp³-hybridized carbons (Fsp3) is 0.400. The van der Waals surface area contributed by atoms with Crippen molar-refractivity contribution in [3.05, 3.63) is 41.5 Å². The number of urea groups is 1. The van der Waals surface area contributed by atoms with Crippen LogP contribution in [0.15, 0.2) is 24.3 Å². The van der Waals surface area contributed by atoms with Crippen LogP contribution in [0.5, 0.6) is 0 Å². The van der Waals surface area contributed by atoms with Crippen molar-refractivity contribution in [2.24, 2.45) is 0 Å². The zero-order valence-electron chi connectivity index (χ0n) is 13.0. The van der Waals surface area contributed by atoms with Gasteiger partial charge in [-0.2, -0.15) is 5.10 Å². The van der Waals surface area contributed by atoms with Gasteiger partial charge in [-0.3, -0.25) is 0 Å². The highest BCUT2D eigenvalue weighted by atomic mass is 16.3. The van der Waals surface area contributed by atoms with E-state index in [1.807, 2.05) is 42.8 Å². The van der Waals surface area contributed by atoms with Gasteiger partial charge < -0.3 is 15.7 Å². The number of hydrogen-bond donors (Lipinski definition) is 3. The molecule has 0 aliphatic heterocycles. The van der Waals surface area contributed by atoms with E-state index >= 15 is 0 Å².